The van der Waals surface area contributed by atoms with Gasteiger partial charge in [-0.3, -0.25) is 18.6 Å². The maximum atomic E-state index is 12.6. The second kappa shape index (κ2) is 7.78. The molecule has 0 bridgehead atoms. The number of ether oxygens (including phenoxy) is 2. The second-order valence-corrected chi connectivity index (χ2v) is 8.81. The molecule has 0 radical (unpaired) electrons. The van der Waals surface area contributed by atoms with Gasteiger partial charge in [0.2, 0.25) is 0 Å². The Kier molecular flexibility index (Phi) is 5.37. The minimum Gasteiger partial charge on any atom is -0.492 e. The average Bonchev–Trinajstić information content (AvgIpc) is 3.19. The van der Waals surface area contributed by atoms with Crippen LogP contribution in [0, 0.1) is 5.92 Å². The lowest BCUT2D eigenvalue weighted by atomic mass is 9.98. The van der Waals surface area contributed by atoms with Crippen LogP contribution < -0.4 is 15.2 Å². The molecule has 3 aliphatic rings. The summed E-state index contributed by atoms with van der Waals surface area (Å²) < 4.78 is 37.4. The Morgan fingerprint density at radius 3 is 3.04 bits per heavy atom. The van der Waals surface area contributed by atoms with Crippen LogP contribution in [0.1, 0.15) is 31.2 Å². The first-order chi connectivity index (χ1) is 13.4. The first kappa shape index (κ1) is 19.3. The van der Waals surface area contributed by atoms with Crippen molar-refractivity contribution in [1.29, 1.82) is 0 Å². The molecule has 1 aromatic carbocycles. The number of hydrogen-bond donors (Lipinski definition) is 4. The maximum Gasteiger partial charge on any atom is 0.251 e. The number of hydrogen-bond acceptors (Lipinski definition) is 8. The Morgan fingerprint density at radius 1 is 1.39 bits per heavy atom. The molecule has 10 heteroatoms. The molecule has 0 aliphatic carbocycles. The number of carbonyl (C=O) groups is 1. The predicted octanol–water partition coefficient (Wildman–Crippen LogP) is 2.19. The van der Waals surface area contributed by atoms with Crippen molar-refractivity contribution in [2.24, 2.45) is 16.0 Å². The normalized spacial score (nSPS) is 27.4. The number of nitrogens with zero attached hydrogens (tertiary/aromatic N) is 2. The van der Waals surface area contributed by atoms with E-state index in [1.54, 1.807) is 18.2 Å². The average molecular weight is 410 g/mol. The van der Waals surface area contributed by atoms with E-state index in [1.165, 1.54) is 0 Å². The van der Waals surface area contributed by atoms with Crippen LogP contribution >= 0.6 is 11.0 Å². The Labute approximate surface area is 165 Å². The zero-order chi connectivity index (χ0) is 19.7. The van der Waals surface area contributed by atoms with Gasteiger partial charge >= 0.3 is 0 Å². The van der Waals surface area contributed by atoms with E-state index >= 15 is 0 Å². The molecular formula is C18H26N4O5S. The largest absolute Gasteiger partial charge is 0.492 e. The van der Waals surface area contributed by atoms with E-state index in [0.29, 0.717) is 36.8 Å². The van der Waals surface area contributed by atoms with Gasteiger partial charge in [0, 0.05) is 25.6 Å². The topological polar surface area (TPSA) is 130 Å². The van der Waals surface area contributed by atoms with Crippen molar-refractivity contribution in [1.82, 2.24) is 4.90 Å². The van der Waals surface area contributed by atoms with Crippen molar-refractivity contribution < 1.29 is 23.4 Å². The van der Waals surface area contributed by atoms with Crippen LogP contribution in [0.4, 0.5) is 5.69 Å². The molecule has 2 saturated heterocycles. The van der Waals surface area contributed by atoms with Crippen molar-refractivity contribution in [2.45, 2.75) is 31.8 Å². The highest BCUT2D eigenvalue weighted by atomic mass is 32.3. The van der Waals surface area contributed by atoms with Gasteiger partial charge in [-0.2, -0.15) is 0 Å². The highest BCUT2D eigenvalue weighted by molar-refractivity contribution is 8.24. The minimum atomic E-state index is -3.32. The molecule has 0 saturated carbocycles. The molecule has 0 aromatic heterocycles. The van der Waals surface area contributed by atoms with Gasteiger partial charge in [-0.1, -0.05) is 6.07 Å². The molecule has 3 heterocycles. The monoisotopic (exact) mass is 410 g/mol. The fourth-order valence-corrected chi connectivity index (χ4v) is 4.82. The van der Waals surface area contributed by atoms with Crippen LogP contribution in [0.15, 0.2) is 22.6 Å². The number of likely N-dealkylation sites (tertiary alicyclic amines) is 1. The summed E-state index contributed by atoms with van der Waals surface area (Å²) in [6, 6.07) is 5.22. The molecule has 2 unspecified atom stereocenters. The summed E-state index contributed by atoms with van der Waals surface area (Å²) in [6.45, 7) is 2.51. The van der Waals surface area contributed by atoms with Crippen LogP contribution in [-0.2, 0) is 9.53 Å². The number of amides is 1. The lowest BCUT2D eigenvalue weighted by molar-refractivity contribution is -0.143. The van der Waals surface area contributed by atoms with Gasteiger partial charge in [-0.05, 0) is 48.8 Å². The number of nitrogens with one attached hydrogen (secondary N) is 1. The van der Waals surface area contributed by atoms with Crippen LogP contribution in [0.25, 0.3) is 0 Å². The van der Waals surface area contributed by atoms with E-state index in [1.807, 2.05) is 4.90 Å². The summed E-state index contributed by atoms with van der Waals surface area (Å²) in [5, 5.41) is 0. The fourth-order valence-electron chi connectivity index (χ4n) is 3.94. The summed E-state index contributed by atoms with van der Waals surface area (Å²) >= 11 is 0. The summed E-state index contributed by atoms with van der Waals surface area (Å²) in [5.74, 6) is 0.863. The molecule has 2 fully saturated rings. The van der Waals surface area contributed by atoms with Crippen molar-refractivity contribution in [3.05, 3.63) is 23.8 Å². The SMILES string of the molecule is NC1=NS(O)(O)Nc2cccc(OCC3CCCN(C(=O)C4CCCO4)C3)c21. The first-order valence-electron chi connectivity index (χ1n) is 9.51. The standard InChI is InChI=1S/C18H26N4O5S/c19-17-16-13(20-28(24,25)21-17)5-1-6-14(16)27-11-12-4-2-8-22(10-12)18(23)15-7-3-9-26-15/h1,5-6,12,15,20,24-25H,2-4,7-11H2,(H2,19,21). The number of fused-ring (bicyclic) bond motifs is 1. The van der Waals surface area contributed by atoms with Crippen molar-refractivity contribution in [3.8, 4) is 5.75 Å². The quantitative estimate of drug-likeness (QED) is 0.599. The number of anilines is 1. The Hall–Kier alpha value is -2.01. The van der Waals surface area contributed by atoms with Crippen molar-refractivity contribution in [3.63, 3.8) is 0 Å². The zero-order valence-electron chi connectivity index (χ0n) is 15.5. The molecule has 0 spiro atoms. The van der Waals surface area contributed by atoms with E-state index in [9.17, 15) is 13.9 Å². The number of amidine groups is 1. The van der Waals surface area contributed by atoms with Crippen LogP contribution in [0.3, 0.4) is 0 Å². The van der Waals surface area contributed by atoms with Crippen LogP contribution in [0.5, 0.6) is 5.75 Å². The third kappa shape index (κ3) is 4.04. The number of nitrogens with two attached hydrogens (primary N) is 1. The van der Waals surface area contributed by atoms with Crippen molar-refractivity contribution >= 4 is 28.4 Å². The fraction of sp³-hybridized carbons (Fsp3) is 0.556. The van der Waals surface area contributed by atoms with E-state index in [2.05, 4.69) is 9.12 Å². The van der Waals surface area contributed by atoms with E-state index in [-0.39, 0.29) is 23.8 Å². The highest BCUT2D eigenvalue weighted by Gasteiger charge is 2.32. The van der Waals surface area contributed by atoms with Gasteiger partial charge in [0.1, 0.15) is 11.9 Å². The summed E-state index contributed by atoms with van der Waals surface area (Å²) in [7, 11) is -3.32. The lowest BCUT2D eigenvalue weighted by Gasteiger charge is -2.35. The number of benzene rings is 1. The molecular weight excluding hydrogens is 384 g/mol. The van der Waals surface area contributed by atoms with E-state index < -0.39 is 11.0 Å². The third-order valence-electron chi connectivity index (χ3n) is 5.27. The molecule has 3 aliphatic heterocycles. The molecule has 1 amide bonds. The Morgan fingerprint density at radius 2 is 2.25 bits per heavy atom. The number of carbonyl (C=O) groups excluding carboxylic acids is 1. The smallest absolute Gasteiger partial charge is 0.251 e. The Bertz CT molecular complexity index is 781. The summed E-state index contributed by atoms with van der Waals surface area (Å²) in [6.07, 6.45) is 3.37. The van der Waals surface area contributed by atoms with Gasteiger partial charge in [0.25, 0.3) is 5.91 Å². The minimum absolute atomic E-state index is 0.0307. The molecule has 28 heavy (non-hydrogen) atoms. The molecule has 9 nitrogen and oxygen atoms in total. The highest BCUT2D eigenvalue weighted by Crippen LogP contribution is 2.46. The Balaban J connectivity index is 1.40. The van der Waals surface area contributed by atoms with Crippen LogP contribution in [0.2, 0.25) is 0 Å². The number of piperidine rings is 1. The predicted molar refractivity (Wildman–Crippen MR) is 107 cm³/mol. The van der Waals surface area contributed by atoms with E-state index in [0.717, 1.165) is 32.2 Å². The first-order valence-corrected chi connectivity index (χ1v) is 11.0. The maximum absolute atomic E-state index is 12.6. The van der Waals surface area contributed by atoms with Crippen LogP contribution in [-0.4, -0.2) is 58.2 Å². The van der Waals surface area contributed by atoms with Crippen molar-refractivity contribution in [2.75, 3.05) is 31.0 Å². The van der Waals surface area contributed by atoms with Gasteiger partial charge in [0.05, 0.1) is 17.9 Å². The third-order valence-corrected chi connectivity index (χ3v) is 6.21. The number of rotatable bonds is 4. The van der Waals surface area contributed by atoms with E-state index in [4.69, 9.17) is 15.2 Å². The molecule has 5 N–H and O–H groups in total. The lowest BCUT2D eigenvalue weighted by Crippen LogP contribution is -2.46. The molecule has 4 rings (SSSR count). The van der Waals surface area contributed by atoms with Gasteiger partial charge in [-0.15, -0.1) is 4.40 Å². The zero-order valence-corrected chi connectivity index (χ0v) is 16.4. The molecule has 1 aromatic rings. The molecule has 154 valence electrons. The van der Waals surface area contributed by atoms with Gasteiger partial charge < -0.3 is 20.1 Å². The molecule has 2 atom stereocenters. The van der Waals surface area contributed by atoms with Gasteiger partial charge in [0.15, 0.2) is 5.84 Å². The summed E-state index contributed by atoms with van der Waals surface area (Å²) in [4.78, 5) is 14.5. The second-order valence-electron chi connectivity index (χ2n) is 7.38. The summed E-state index contributed by atoms with van der Waals surface area (Å²) in [5.41, 5.74) is 6.93. The van der Waals surface area contributed by atoms with Gasteiger partial charge in [-0.25, -0.2) is 0 Å².